The minimum Gasteiger partial charge on any atom is -0.431 e. The molecule has 0 saturated heterocycles. The number of aromatic nitrogens is 1. The van der Waals surface area contributed by atoms with Crippen LogP contribution in [0.25, 0.3) is 0 Å². The van der Waals surface area contributed by atoms with Gasteiger partial charge in [-0.3, -0.25) is 0 Å². The van der Waals surface area contributed by atoms with E-state index >= 15 is 0 Å². The van der Waals surface area contributed by atoms with Crippen LogP contribution in [0, 0.1) is 20.8 Å². The van der Waals surface area contributed by atoms with Gasteiger partial charge in [0.25, 0.3) is 5.19 Å². The van der Waals surface area contributed by atoms with E-state index in [0.29, 0.717) is 5.19 Å². The maximum Gasteiger partial charge on any atom is 0.279 e. The van der Waals surface area contributed by atoms with Crippen LogP contribution in [0.2, 0.25) is 0 Å². The summed E-state index contributed by atoms with van der Waals surface area (Å²) in [5, 5.41) is 0.670. The van der Waals surface area contributed by atoms with E-state index in [2.05, 4.69) is 4.98 Å². The topological polar surface area (TPSA) is 48.1 Å². The number of thiazole rings is 1. The van der Waals surface area contributed by atoms with Gasteiger partial charge in [0, 0.05) is 16.1 Å². The van der Waals surface area contributed by atoms with Gasteiger partial charge in [-0.25, -0.2) is 4.98 Å². The number of nitrogen functional groups attached to an aromatic ring is 1. The fourth-order valence-electron chi connectivity index (χ4n) is 1.32. The molecule has 0 aliphatic heterocycles. The van der Waals surface area contributed by atoms with Crippen LogP contribution in [0.5, 0.6) is 10.9 Å². The zero-order valence-electron chi connectivity index (χ0n) is 9.57. The standard InChI is InChI=1S/C12H14N2OS/c1-7-10(13)5-4-6-11(7)15-12-14-8(2)9(3)16-12/h4-6H,13H2,1-3H3. The highest BCUT2D eigenvalue weighted by atomic mass is 32.1. The van der Waals surface area contributed by atoms with Gasteiger partial charge >= 0.3 is 0 Å². The van der Waals surface area contributed by atoms with Gasteiger partial charge in [0.2, 0.25) is 0 Å². The van der Waals surface area contributed by atoms with Crippen LogP contribution < -0.4 is 10.5 Å². The molecule has 0 bridgehead atoms. The van der Waals surface area contributed by atoms with Crippen molar-refractivity contribution in [3.05, 3.63) is 34.3 Å². The Bertz CT molecular complexity index is 500. The van der Waals surface area contributed by atoms with Crippen molar-refractivity contribution in [2.24, 2.45) is 0 Å². The van der Waals surface area contributed by atoms with E-state index in [1.54, 1.807) is 11.3 Å². The minimum atomic E-state index is 0.670. The quantitative estimate of drug-likeness (QED) is 0.810. The first-order valence-electron chi connectivity index (χ1n) is 5.05. The molecule has 0 fully saturated rings. The second-order valence-corrected chi connectivity index (χ2v) is 4.86. The molecule has 0 spiro atoms. The zero-order chi connectivity index (χ0) is 11.7. The third kappa shape index (κ3) is 2.02. The molecule has 0 atom stereocenters. The summed E-state index contributed by atoms with van der Waals surface area (Å²) >= 11 is 1.55. The smallest absolute Gasteiger partial charge is 0.279 e. The summed E-state index contributed by atoms with van der Waals surface area (Å²) < 4.78 is 5.72. The summed E-state index contributed by atoms with van der Waals surface area (Å²) in [5.41, 5.74) is 8.52. The van der Waals surface area contributed by atoms with Gasteiger partial charge in [-0.15, -0.1) is 0 Å². The van der Waals surface area contributed by atoms with Crippen molar-refractivity contribution in [1.82, 2.24) is 4.98 Å². The summed E-state index contributed by atoms with van der Waals surface area (Å²) in [6.45, 7) is 5.95. The molecule has 0 amide bonds. The molecule has 0 radical (unpaired) electrons. The summed E-state index contributed by atoms with van der Waals surface area (Å²) in [7, 11) is 0. The van der Waals surface area contributed by atoms with Gasteiger partial charge in [0.1, 0.15) is 5.75 Å². The van der Waals surface area contributed by atoms with Crippen molar-refractivity contribution in [2.45, 2.75) is 20.8 Å². The number of nitrogens with two attached hydrogens (primary N) is 1. The lowest BCUT2D eigenvalue weighted by atomic mass is 10.2. The Hall–Kier alpha value is -1.55. The van der Waals surface area contributed by atoms with Crippen molar-refractivity contribution in [3.63, 3.8) is 0 Å². The molecule has 2 N–H and O–H groups in total. The Labute approximate surface area is 98.9 Å². The molecule has 0 saturated carbocycles. The first-order chi connectivity index (χ1) is 7.58. The van der Waals surface area contributed by atoms with Crippen molar-refractivity contribution >= 4 is 17.0 Å². The Balaban J connectivity index is 2.30. The lowest BCUT2D eigenvalue weighted by Crippen LogP contribution is -1.92. The number of ether oxygens (including phenoxy) is 1. The number of hydrogen-bond acceptors (Lipinski definition) is 4. The van der Waals surface area contributed by atoms with Crippen LogP contribution in [-0.2, 0) is 0 Å². The lowest BCUT2D eigenvalue weighted by molar-refractivity contribution is 0.474. The SMILES string of the molecule is Cc1nc(Oc2cccc(N)c2C)sc1C. The van der Waals surface area contributed by atoms with E-state index in [1.807, 2.05) is 39.0 Å². The number of anilines is 1. The first kappa shape index (κ1) is 11.0. The molecular weight excluding hydrogens is 220 g/mol. The Kier molecular flexibility index (Phi) is 2.83. The highest BCUT2D eigenvalue weighted by molar-refractivity contribution is 7.13. The maximum atomic E-state index is 5.81. The van der Waals surface area contributed by atoms with E-state index < -0.39 is 0 Å². The van der Waals surface area contributed by atoms with Gasteiger partial charge in [-0.1, -0.05) is 17.4 Å². The number of hydrogen-bond donors (Lipinski definition) is 1. The van der Waals surface area contributed by atoms with Gasteiger partial charge in [0.05, 0.1) is 5.69 Å². The minimum absolute atomic E-state index is 0.670. The van der Waals surface area contributed by atoms with Crippen LogP contribution in [0.3, 0.4) is 0 Å². The highest BCUT2D eigenvalue weighted by Crippen LogP contribution is 2.31. The summed E-state index contributed by atoms with van der Waals surface area (Å²) in [6.07, 6.45) is 0. The van der Waals surface area contributed by atoms with Crippen molar-refractivity contribution in [2.75, 3.05) is 5.73 Å². The van der Waals surface area contributed by atoms with E-state index in [1.165, 1.54) is 4.88 Å². The van der Waals surface area contributed by atoms with Gasteiger partial charge in [0.15, 0.2) is 0 Å². The molecule has 0 unspecified atom stereocenters. The largest absolute Gasteiger partial charge is 0.431 e. The molecule has 1 aromatic heterocycles. The summed E-state index contributed by atoms with van der Waals surface area (Å²) in [5.74, 6) is 0.772. The third-order valence-electron chi connectivity index (χ3n) is 2.53. The average molecular weight is 234 g/mol. The van der Waals surface area contributed by atoms with Crippen LogP contribution in [0.4, 0.5) is 5.69 Å². The normalized spacial score (nSPS) is 10.4. The second kappa shape index (κ2) is 4.14. The van der Waals surface area contributed by atoms with Crippen LogP contribution in [0.1, 0.15) is 16.1 Å². The van der Waals surface area contributed by atoms with E-state index in [-0.39, 0.29) is 0 Å². The van der Waals surface area contributed by atoms with E-state index in [9.17, 15) is 0 Å². The predicted octanol–water partition coefficient (Wildman–Crippen LogP) is 3.44. The van der Waals surface area contributed by atoms with Gasteiger partial charge < -0.3 is 10.5 Å². The van der Waals surface area contributed by atoms with Gasteiger partial charge in [-0.05, 0) is 32.9 Å². The average Bonchev–Trinajstić information content (AvgIpc) is 2.54. The molecule has 0 aliphatic carbocycles. The molecular formula is C12H14N2OS. The first-order valence-corrected chi connectivity index (χ1v) is 5.86. The number of aryl methyl sites for hydroxylation is 2. The zero-order valence-corrected chi connectivity index (χ0v) is 10.4. The number of rotatable bonds is 2. The van der Waals surface area contributed by atoms with E-state index in [4.69, 9.17) is 10.5 Å². The second-order valence-electron chi connectivity index (χ2n) is 3.69. The maximum absolute atomic E-state index is 5.81. The molecule has 3 nitrogen and oxygen atoms in total. The Morgan fingerprint density at radius 1 is 1.25 bits per heavy atom. The monoisotopic (exact) mass is 234 g/mol. The fourth-order valence-corrected chi connectivity index (χ4v) is 2.09. The highest BCUT2D eigenvalue weighted by Gasteiger charge is 2.08. The Morgan fingerprint density at radius 2 is 2.00 bits per heavy atom. The van der Waals surface area contributed by atoms with Gasteiger partial charge in [-0.2, -0.15) is 0 Å². The summed E-state index contributed by atoms with van der Waals surface area (Å²) in [4.78, 5) is 5.51. The van der Waals surface area contributed by atoms with E-state index in [0.717, 1.165) is 22.7 Å². The molecule has 2 rings (SSSR count). The predicted molar refractivity (Wildman–Crippen MR) is 67.3 cm³/mol. The number of benzene rings is 1. The lowest BCUT2D eigenvalue weighted by Gasteiger charge is -2.07. The fraction of sp³-hybridized carbons (Fsp3) is 0.250. The van der Waals surface area contributed by atoms with Crippen LogP contribution in [-0.4, -0.2) is 4.98 Å². The summed E-state index contributed by atoms with van der Waals surface area (Å²) in [6, 6.07) is 5.64. The van der Waals surface area contributed by atoms with Crippen molar-refractivity contribution < 1.29 is 4.74 Å². The molecule has 1 heterocycles. The third-order valence-corrected chi connectivity index (χ3v) is 3.48. The Morgan fingerprint density at radius 3 is 2.62 bits per heavy atom. The van der Waals surface area contributed by atoms with Crippen LogP contribution >= 0.6 is 11.3 Å². The van der Waals surface area contributed by atoms with Crippen molar-refractivity contribution in [1.29, 1.82) is 0 Å². The molecule has 2 aromatic rings. The van der Waals surface area contributed by atoms with Crippen LogP contribution in [0.15, 0.2) is 18.2 Å². The molecule has 84 valence electrons. The molecule has 16 heavy (non-hydrogen) atoms. The van der Waals surface area contributed by atoms with Crippen molar-refractivity contribution in [3.8, 4) is 10.9 Å². The molecule has 1 aromatic carbocycles. The number of nitrogens with zero attached hydrogens (tertiary/aromatic N) is 1. The molecule has 4 heteroatoms. The molecule has 0 aliphatic rings.